The van der Waals surface area contributed by atoms with Gasteiger partial charge < -0.3 is 9.31 Å². The van der Waals surface area contributed by atoms with Crippen LogP contribution in [0.1, 0.15) is 53.4 Å². The van der Waals surface area contributed by atoms with Crippen molar-refractivity contribution in [3.63, 3.8) is 0 Å². The molecule has 1 aliphatic carbocycles. The Hall–Kier alpha value is 0.235. The molecule has 5 heteroatoms. The Kier molecular flexibility index (Phi) is 3.80. The molecule has 2 rings (SSSR count). The summed E-state index contributed by atoms with van der Waals surface area (Å²) in [7, 11) is -0.207. The quantitative estimate of drug-likeness (QED) is 0.624. The molecular weight excluding hydrogens is 236 g/mol. The predicted molar refractivity (Wildman–Crippen MR) is 70.8 cm³/mol. The van der Waals surface area contributed by atoms with Crippen molar-refractivity contribution in [2.75, 3.05) is 0 Å². The number of fused-ring (bicyclic) bond motifs is 1. The summed E-state index contributed by atoms with van der Waals surface area (Å²) in [5.74, 6) is 0.0715. The highest BCUT2D eigenvalue weighted by atomic mass is 35.5. The van der Waals surface area contributed by atoms with E-state index in [4.69, 9.17) is 21.1 Å². The van der Waals surface area contributed by atoms with Gasteiger partial charge in [-0.1, -0.05) is 20.8 Å². The van der Waals surface area contributed by atoms with Gasteiger partial charge in [0.2, 0.25) is 0 Å². The molecule has 0 aromatic carbocycles. The molecule has 0 aromatic rings. The second-order valence-corrected chi connectivity index (χ2v) is 6.65. The third-order valence-electron chi connectivity index (χ3n) is 4.19. The molecule has 0 radical (unpaired) electrons. The maximum absolute atomic E-state index is 6.16. The average Bonchev–Trinajstić information content (AvgIpc) is 2.54. The molecule has 0 amide bonds. The van der Waals surface area contributed by atoms with Crippen molar-refractivity contribution in [2.24, 2.45) is 5.41 Å². The third kappa shape index (κ3) is 2.65. The van der Waals surface area contributed by atoms with Gasteiger partial charge in [-0.2, -0.15) is 0 Å². The number of rotatable bonds is 3. The van der Waals surface area contributed by atoms with Crippen LogP contribution in [0.3, 0.4) is 0 Å². The van der Waals surface area contributed by atoms with Crippen molar-refractivity contribution >= 4 is 18.9 Å². The van der Waals surface area contributed by atoms with Crippen LogP contribution in [0.15, 0.2) is 0 Å². The summed E-state index contributed by atoms with van der Waals surface area (Å²) in [6.45, 7) is 8.88. The SMILES string of the molecule is CC[C@H](NCl)B1OC2CCC(C)(C)C[C@]2(C)O1. The Morgan fingerprint density at radius 1 is 1.47 bits per heavy atom. The maximum atomic E-state index is 6.16. The molecule has 0 spiro atoms. The van der Waals surface area contributed by atoms with Crippen LogP contribution in [-0.4, -0.2) is 24.8 Å². The van der Waals surface area contributed by atoms with E-state index in [0.29, 0.717) is 5.41 Å². The minimum atomic E-state index is -0.207. The smallest absolute Gasteiger partial charge is 0.404 e. The Bertz CT molecular complexity index is 286. The van der Waals surface area contributed by atoms with E-state index in [2.05, 4.69) is 32.5 Å². The van der Waals surface area contributed by atoms with Gasteiger partial charge in [0, 0.05) is 0 Å². The van der Waals surface area contributed by atoms with Crippen LogP contribution >= 0.6 is 11.8 Å². The molecule has 2 fully saturated rings. The zero-order valence-corrected chi connectivity index (χ0v) is 12.0. The molecule has 1 aliphatic heterocycles. The van der Waals surface area contributed by atoms with Crippen LogP contribution in [-0.2, 0) is 9.31 Å². The van der Waals surface area contributed by atoms with Gasteiger partial charge in [-0.3, -0.25) is 0 Å². The molecule has 3 nitrogen and oxygen atoms in total. The van der Waals surface area contributed by atoms with Crippen molar-refractivity contribution in [1.82, 2.24) is 4.84 Å². The molecule has 0 bridgehead atoms. The zero-order chi connectivity index (χ0) is 12.7. The number of nitrogens with one attached hydrogen (secondary N) is 1. The molecule has 3 atom stereocenters. The number of hydrogen-bond donors (Lipinski definition) is 1. The van der Waals surface area contributed by atoms with Crippen LogP contribution in [0.2, 0.25) is 0 Å². The zero-order valence-electron chi connectivity index (χ0n) is 11.3. The summed E-state index contributed by atoms with van der Waals surface area (Å²) in [6.07, 6.45) is 4.47. The second-order valence-electron chi connectivity index (χ2n) is 6.43. The Balaban J connectivity index is 2.08. The third-order valence-corrected chi connectivity index (χ3v) is 4.47. The first-order valence-corrected chi connectivity index (χ1v) is 6.97. The highest BCUT2D eigenvalue weighted by Crippen LogP contribution is 2.47. The average molecular weight is 260 g/mol. The molecular formula is C12H23BClNO2. The fraction of sp³-hybridized carbons (Fsp3) is 1.00. The lowest BCUT2D eigenvalue weighted by Crippen LogP contribution is -2.46. The fourth-order valence-corrected chi connectivity index (χ4v) is 3.52. The summed E-state index contributed by atoms with van der Waals surface area (Å²) in [6, 6.07) is 0. The second kappa shape index (κ2) is 4.73. The largest absolute Gasteiger partial charge is 0.477 e. The molecule has 1 unspecified atom stereocenters. The molecule has 1 N–H and O–H groups in total. The molecule has 0 aromatic heterocycles. The summed E-state index contributed by atoms with van der Waals surface area (Å²) >= 11 is 5.74. The van der Waals surface area contributed by atoms with Gasteiger partial charge in [-0.05, 0) is 49.8 Å². The van der Waals surface area contributed by atoms with E-state index in [9.17, 15) is 0 Å². The van der Waals surface area contributed by atoms with Gasteiger partial charge in [0.15, 0.2) is 0 Å². The monoisotopic (exact) mass is 259 g/mol. The van der Waals surface area contributed by atoms with E-state index in [0.717, 1.165) is 19.3 Å². The summed E-state index contributed by atoms with van der Waals surface area (Å²) in [5, 5.41) is 0. The van der Waals surface area contributed by atoms with E-state index in [1.807, 2.05) is 0 Å². The van der Waals surface area contributed by atoms with Crippen molar-refractivity contribution < 1.29 is 9.31 Å². The first-order chi connectivity index (χ1) is 7.90. The molecule has 17 heavy (non-hydrogen) atoms. The summed E-state index contributed by atoms with van der Waals surface area (Å²) in [4.78, 5) is 2.76. The first kappa shape index (κ1) is 13.7. The van der Waals surface area contributed by atoms with Crippen LogP contribution in [0.25, 0.3) is 0 Å². The van der Waals surface area contributed by atoms with Crippen molar-refractivity contribution in [3.8, 4) is 0 Å². The minimum Gasteiger partial charge on any atom is -0.404 e. The Labute approximate surface area is 110 Å². The van der Waals surface area contributed by atoms with Gasteiger partial charge in [-0.15, -0.1) is 0 Å². The fourth-order valence-electron chi connectivity index (χ4n) is 3.26. The standard InChI is InChI=1S/C12H23BClNO2/c1-5-10(15-14)13-16-9-6-7-11(2,3)8-12(9,4)17-13/h9-10,15H,5-8H2,1-4H3/t9?,10-,12-/m0/s1. The normalized spacial score (nSPS) is 37.9. The molecule has 1 heterocycles. The van der Waals surface area contributed by atoms with E-state index < -0.39 is 0 Å². The predicted octanol–water partition coefficient (Wildman–Crippen LogP) is 2.92. The minimum absolute atomic E-state index is 0.0715. The first-order valence-electron chi connectivity index (χ1n) is 6.60. The molecule has 1 saturated heterocycles. The van der Waals surface area contributed by atoms with E-state index >= 15 is 0 Å². The summed E-state index contributed by atoms with van der Waals surface area (Å²) in [5.41, 5.74) is 0.202. The highest BCUT2D eigenvalue weighted by molar-refractivity contribution is 6.48. The lowest BCUT2D eigenvalue weighted by Gasteiger charge is -2.43. The number of halogens is 1. The van der Waals surface area contributed by atoms with Crippen LogP contribution in [0.5, 0.6) is 0 Å². The summed E-state index contributed by atoms with van der Waals surface area (Å²) < 4.78 is 12.2. The van der Waals surface area contributed by atoms with Crippen LogP contribution in [0.4, 0.5) is 0 Å². The highest BCUT2D eigenvalue weighted by Gasteiger charge is 2.54. The van der Waals surface area contributed by atoms with E-state index in [1.165, 1.54) is 6.42 Å². The maximum Gasteiger partial charge on any atom is 0.477 e. The van der Waals surface area contributed by atoms with Crippen molar-refractivity contribution in [2.45, 2.75) is 71.0 Å². The lowest BCUT2D eigenvalue weighted by atomic mass is 9.69. The van der Waals surface area contributed by atoms with Gasteiger partial charge in [0.1, 0.15) is 0 Å². The van der Waals surface area contributed by atoms with Crippen LogP contribution in [0, 0.1) is 5.41 Å². The van der Waals surface area contributed by atoms with Crippen LogP contribution < -0.4 is 4.84 Å². The molecule has 1 saturated carbocycles. The van der Waals surface area contributed by atoms with Gasteiger partial charge in [-0.25, -0.2) is 4.84 Å². The van der Waals surface area contributed by atoms with E-state index in [-0.39, 0.29) is 24.8 Å². The Morgan fingerprint density at radius 3 is 2.76 bits per heavy atom. The molecule has 2 aliphatic rings. The van der Waals surface area contributed by atoms with Crippen molar-refractivity contribution in [1.29, 1.82) is 0 Å². The van der Waals surface area contributed by atoms with E-state index in [1.54, 1.807) is 0 Å². The Morgan fingerprint density at radius 2 is 2.18 bits per heavy atom. The topological polar surface area (TPSA) is 30.5 Å². The van der Waals surface area contributed by atoms with Gasteiger partial charge in [0.25, 0.3) is 0 Å². The van der Waals surface area contributed by atoms with Gasteiger partial charge in [0.05, 0.1) is 17.6 Å². The van der Waals surface area contributed by atoms with Gasteiger partial charge >= 0.3 is 7.12 Å². The number of hydrogen-bond acceptors (Lipinski definition) is 3. The van der Waals surface area contributed by atoms with Crippen molar-refractivity contribution in [3.05, 3.63) is 0 Å². The lowest BCUT2D eigenvalue weighted by molar-refractivity contribution is -0.0298. The molecule has 98 valence electrons.